The molecule has 2 aliphatic carbocycles. The van der Waals surface area contributed by atoms with Crippen LogP contribution in [0.25, 0.3) is 22.3 Å². The molecule has 152 valence electrons. The first-order valence-corrected chi connectivity index (χ1v) is 14.2. The molecule has 0 unspecified atom stereocenters. The molecular formula is C28H22Cl2Hf. The van der Waals surface area contributed by atoms with Crippen molar-refractivity contribution in [3.8, 4) is 22.3 Å². The Balaban J connectivity index is 0.000000663. The zero-order chi connectivity index (χ0) is 19.8. The van der Waals surface area contributed by atoms with Crippen LogP contribution in [-0.4, -0.2) is 0 Å². The van der Waals surface area contributed by atoms with Gasteiger partial charge >= 0.3 is 172 Å². The van der Waals surface area contributed by atoms with Gasteiger partial charge in [-0.2, -0.15) is 0 Å². The first-order chi connectivity index (χ1) is 14.4. The molecule has 4 aromatic carbocycles. The van der Waals surface area contributed by atoms with Crippen LogP contribution in [0.3, 0.4) is 0 Å². The minimum absolute atomic E-state index is 0. The molecule has 0 spiro atoms. The summed E-state index contributed by atoms with van der Waals surface area (Å²) in [5, 5.41) is 0. The molecule has 0 atom stereocenters. The van der Waals surface area contributed by atoms with Crippen molar-refractivity contribution in [1.29, 1.82) is 0 Å². The summed E-state index contributed by atoms with van der Waals surface area (Å²) >= 11 is -1.11. The average Bonchev–Trinajstić information content (AvgIpc) is 3.30. The Kier molecular flexibility index (Phi) is 7.75. The monoisotopic (exact) mass is 608 g/mol. The number of benzene rings is 4. The third kappa shape index (κ3) is 3.89. The van der Waals surface area contributed by atoms with Crippen molar-refractivity contribution in [2.45, 2.75) is 7.35 Å². The van der Waals surface area contributed by atoms with Gasteiger partial charge in [-0.25, -0.2) is 0 Å². The molecule has 0 aromatic heterocycles. The van der Waals surface area contributed by atoms with Gasteiger partial charge < -0.3 is 24.8 Å². The molecule has 31 heavy (non-hydrogen) atoms. The van der Waals surface area contributed by atoms with Crippen LogP contribution in [0.1, 0.15) is 29.6 Å². The van der Waals surface area contributed by atoms with E-state index in [9.17, 15) is 0 Å². The third-order valence-corrected chi connectivity index (χ3v) is 12.9. The van der Waals surface area contributed by atoms with E-state index >= 15 is 0 Å². The minimum atomic E-state index is -1.11. The molecule has 0 saturated heterocycles. The van der Waals surface area contributed by atoms with Crippen molar-refractivity contribution in [3.63, 3.8) is 0 Å². The van der Waals surface area contributed by atoms with E-state index in [0.29, 0.717) is 7.35 Å². The molecular weight excluding hydrogens is 586 g/mol. The summed E-state index contributed by atoms with van der Waals surface area (Å²) in [4.78, 5) is 0. The Morgan fingerprint density at radius 3 is 0.903 bits per heavy atom. The van der Waals surface area contributed by atoms with Crippen LogP contribution in [0, 0.1) is 0 Å². The van der Waals surface area contributed by atoms with Crippen LogP contribution in [0.4, 0.5) is 0 Å². The Labute approximate surface area is 208 Å². The maximum atomic E-state index is 3.00. The summed E-state index contributed by atoms with van der Waals surface area (Å²) in [5.41, 5.74) is 12.1. The summed E-state index contributed by atoms with van der Waals surface area (Å²) in [6.07, 6.45) is 0. The maximum absolute atomic E-state index is 3.00. The van der Waals surface area contributed by atoms with E-state index in [1.165, 1.54) is 22.3 Å². The summed E-state index contributed by atoms with van der Waals surface area (Å²) in [5.74, 6) is 0. The van der Waals surface area contributed by atoms with Crippen LogP contribution in [0.15, 0.2) is 110 Å². The van der Waals surface area contributed by atoms with Gasteiger partial charge in [0.05, 0.1) is 0 Å². The van der Waals surface area contributed by atoms with Crippen LogP contribution in [0.5, 0.6) is 0 Å². The molecule has 0 N–H and O–H groups in total. The summed E-state index contributed by atoms with van der Waals surface area (Å²) in [7, 11) is 0. The zero-order valence-electron chi connectivity index (χ0n) is 17.1. The first kappa shape index (κ1) is 23.7. The van der Waals surface area contributed by atoms with Crippen LogP contribution < -0.4 is 24.8 Å². The second-order valence-corrected chi connectivity index (χ2v) is 12.7. The van der Waals surface area contributed by atoms with E-state index in [0.717, 1.165) is 0 Å². The summed E-state index contributed by atoms with van der Waals surface area (Å²) in [6.45, 7) is 6.00. The molecule has 6 rings (SSSR count). The first-order valence-electron chi connectivity index (χ1n) is 10.0. The SMILES string of the molecule is C=C.[Cl-].[Cl-].c1ccc2c(c1)-c1ccccc1[CH]2[Hf+2][CH]1c2ccccc2-c2ccccc21. The number of hydrogen-bond acceptors (Lipinski definition) is 0. The van der Waals surface area contributed by atoms with Crippen LogP contribution in [0.2, 0.25) is 0 Å². The fourth-order valence-corrected chi connectivity index (χ4v) is 12.2. The Morgan fingerprint density at radius 2 is 0.645 bits per heavy atom. The van der Waals surface area contributed by atoms with Crippen LogP contribution >= 0.6 is 0 Å². The molecule has 0 fully saturated rings. The van der Waals surface area contributed by atoms with Gasteiger partial charge in [-0.15, -0.1) is 13.2 Å². The molecule has 2 aliphatic rings. The van der Waals surface area contributed by atoms with E-state index in [-0.39, 0.29) is 24.8 Å². The Morgan fingerprint density at radius 1 is 0.419 bits per heavy atom. The van der Waals surface area contributed by atoms with Crippen LogP contribution in [-0.2, 0) is 22.9 Å². The number of hydrogen-bond donors (Lipinski definition) is 0. The third-order valence-electron chi connectivity index (χ3n) is 6.00. The molecule has 4 aromatic rings. The van der Waals surface area contributed by atoms with Gasteiger partial charge in [0.1, 0.15) is 0 Å². The van der Waals surface area contributed by atoms with E-state index < -0.39 is 22.9 Å². The Hall–Kier alpha value is -1.93. The van der Waals surface area contributed by atoms with Gasteiger partial charge in [-0.05, 0) is 0 Å². The normalized spacial score (nSPS) is 12.5. The number of halogens is 2. The van der Waals surface area contributed by atoms with Crippen molar-refractivity contribution >= 4 is 0 Å². The van der Waals surface area contributed by atoms with Crippen molar-refractivity contribution in [2.24, 2.45) is 0 Å². The van der Waals surface area contributed by atoms with Gasteiger partial charge in [-0.1, -0.05) is 0 Å². The van der Waals surface area contributed by atoms with E-state index in [4.69, 9.17) is 0 Å². The number of rotatable bonds is 2. The average molecular weight is 608 g/mol. The van der Waals surface area contributed by atoms with Gasteiger partial charge in [0.15, 0.2) is 0 Å². The molecule has 0 aliphatic heterocycles. The quantitative estimate of drug-likeness (QED) is 0.239. The second kappa shape index (κ2) is 10.1. The van der Waals surface area contributed by atoms with E-state index in [2.05, 4.69) is 110 Å². The standard InChI is InChI=1S/2C13H9.C2H4.2ClH.Hf/c2*1-3-7-12-10(5-1)9-11-6-2-4-8-13(11)12;1-2;;;/h2*1-9H;1-2H2;2*1H;/q;;;;;+2/p-2. The second-order valence-electron chi connectivity index (χ2n) is 7.38. The molecule has 0 nitrogen and oxygen atoms in total. The van der Waals surface area contributed by atoms with Gasteiger partial charge in [0.2, 0.25) is 0 Å². The molecule has 0 radical (unpaired) electrons. The fraction of sp³-hybridized carbons (Fsp3) is 0.0714. The molecule has 0 saturated carbocycles. The molecule has 3 heteroatoms. The van der Waals surface area contributed by atoms with Gasteiger partial charge in [0, 0.05) is 0 Å². The van der Waals surface area contributed by atoms with Crippen molar-refractivity contribution < 1.29 is 47.7 Å². The number of fused-ring (bicyclic) bond motifs is 6. The van der Waals surface area contributed by atoms with E-state index in [1.807, 2.05) is 0 Å². The van der Waals surface area contributed by atoms with Gasteiger partial charge in [0.25, 0.3) is 0 Å². The van der Waals surface area contributed by atoms with Gasteiger partial charge in [-0.3, -0.25) is 0 Å². The van der Waals surface area contributed by atoms with E-state index in [1.54, 1.807) is 22.3 Å². The Bertz CT molecular complexity index is 1020. The zero-order valence-corrected chi connectivity index (χ0v) is 22.2. The van der Waals surface area contributed by atoms with Crippen molar-refractivity contribution in [2.75, 3.05) is 0 Å². The molecule has 0 bridgehead atoms. The topological polar surface area (TPSA) is 0 Å². The fourth-order valence-electron chi connectivity index (χ4n) is 4.84. The predicted octanol–water partition coefficient (Wildman–Crippen LogP) is 1.42. The molecule has 0 amide bonds. The summed E-state index contributed by atoms with van der Waals surface area (Å²) in [6, 6.07) is 36.4. The molecule has 0 heterocycles. The summed E-state index contributed by atoms with van der Waals surface area (Å²) < 4.78 is 1.31. The van der Waals surface area contributed by atoms with Crippen molar-refractivity contribution in [1.82, 2.24) is 0 Å². The predicted molar refractivity (Wildman–Crippen MR) is 119 cm³/mol. The van der Waals surface area contributed by atoms with Crippen molar-refractivity contribution in [3.05, 3.63) is 132 Å².